The molecular formula is C15H30N2. The molecule has 0 spiro atoms. The Hall–Kier alpha value is -0.0800. The third-order valence-electron chi connectivity index (χ3n) is 4.74. The van der Waals surface area contributed by atoms with Crippen molar-refractivity contribution in [3.05, 3.63) is 0 Å². The Kier molecular flexibility index (Phi) is 4.14. The molecule has 0 unspecified atom stereocenters. The highest BCUT2D eigenvalue weighted by molar-refractivity contribution is 5.01. The molecule has 0 heterocycles. The van der Waals surface area contributed by atoms with Gasteiger partial charge >= 0.3 is 0 Å². The molecule has 2 heteroatoms. The summed E-state index contributed by atoms with van der Waals surface area (Å²) < 4.78 is 0. The first kappa shape index (κ1) is 13.4. The van der Waals surface area contributed by atoms with Gasteiger partial charge in [0.15, 0.2) is 0 Å². The Labute approximate surface area is 107 Å². The highest BCUT2D eigenvalue weighted by atomic mass is 15.3. The Morgan fingerprint density at radius 3 is 2.18 bits per heavy atom. The molecule has 2 rings (SSSR count). The Morgan fingerprint density at radius 2 is 1.76 bits per heavy atom. The second-order valence-corrected chi connectivity index (χ2v) is 6.89. The van der Waals surface area contributed by atoms with E-state index in [0.29, 0.717) is 5.54 Å². The van der Waals surface area contributed by atoms with E-state index >= 15 is 0 Å². The molecule has 0 radical (unpaired) electrons. The Balaban J connectivity index is 2.07. The van der Waals surface area contributed by atoms with Crippen LogP contribution in [0.2, 0.25) is 0 Å². The maximum absolute atomic E-state index is 6.18. The van der Waals surface area contributed by atoms with Crippen LogP contribution in [0.1, 0.15) is 59.3 Å². The molecule has 0 saturated heterocycles. The predicted octanol–water partition coefficient (Wildman–Crippen LogP) is 3.01. The van der Waals surface area contributed by atoms with Gasteiger partial charge in [0, 0.05) is 24.7 Å². The van der Waals surface area contributed by atoms with Gasteiger partial charge < -0.3 is 5.73 Å². The van der Waals surface area contributed by atoms with E-state index < -0.39 is 0 Å². The van der Waals surface area contributed by atoms with Crippen LogP contribution in [-0.2, 0) is 0 Å². The number of hydrogen-bond donors (Lipinski definition) is 1. The van der Waals surface area contributed by atoms with Crippen LogP contribution in [0, 0.1) is 11.8 Å². The van der Waals surface area contributed by atoms with Gasteiger partial charge in [-0.3, -0.25) is 4.90 Å². The first-order valence-corrected chi connectivity index (χ1v) is 7.54. The first-order valence-electron chi connectivity index (χ1n) is 7.54. The van der Waals surface area contributed by atoms with E-state index in [1.807, 2.05) is 0 Å². The van der Waals surface area contributed by atoms with Gasteiger partial charge in [-0.2, -0.15) is 0 Å². The number of nitrogens with zero attached hydrogens (tertiary/aromatic N) is 1. The maximum atomic E-state index is 6.18. The fourth-order valence-corrected chi connectivity index (χ4v) is 3.42. The third-order valence-corrected chi connectivity index (χ3v) is 4.74. The molecule has 17 heavy (non-hydrogen) atoms. The van der Waals surface area contributed by atoms with Crippen LogP contribution in [-0.4, -0.2) is 29.6 Å². The normalized spacial score (nSPS) is 34.6. The monoisotopic (exact) mass is 238 g/mol. The Morgan fingerprint density at radius 1 is 1.18 bits per heavy atom. The van der Waals surface area contributed by atoms with Crippen molar-refractivity contribution in [1.29, 1.82) is 0 Å². The summed E-state index contributed by atoms with van der Waals surface area (Å²) in [5.41, 5.74) is 6.53. The molecule has 2 aliphatic carbocycles. The van der Waals surface area contributed by atoms with Crippen molar-refractivity contribution in [3.63, 3.8) is 0 Å². The quantitative estimate of drug-likeness (QED) is 0.798. The van der Waals surface area contributed by atoms with Gasteiger partial charge in [0.25, 0.3) is 0 Å². The van der Waals surface area contributed by atoms with Crippen LogP contribution in [0.25, 0.3) is 0 Å². The van der Waals surface area contributed by atoms with Crippen molar-refractivity contribution in [3.8, 4) is 0 Å². The highest BCUT2D eigenvalue weighted by Gasteiger charge is 2.44. The zero-order valence-electron chi connectivity index (χ0n) is 11.9. The van der Waals surface area contributed by atoms with E-state index in [0.717, 1.165) is 24.4 Å². The molecule has 0 aromatic heterocycles. The summed E-state index contributed by atoms with van der Waals surface area (Å²) in [6, 6.07) is 0.856. The number of nitrogens with two attached hydrogens (primary N) is 1. The number of rotatable bonds is 5. The minimum Gasteiger partial charge on any atom is -0.329 e. The third kappa shape index (κ3) is 3.03. The molecule has 2 saturated carbocycles. The molecular weight excluding hydrogens is 208 g/mol. The summed E-state index contributed by atoms with van der Waals surface area (Å²) in [5, 5.41) is 0. The van der Waals surface area contributed by atoms with Gasteiger partial charge in [0.05, 0.1) is 0 Å². The van der Waals surface area contributed by atoms with Crippen LogP contribution in [0.3, 0.4) is 0 Å². The molecule has 0 aromatic rings. The van der Waals surface area contributed by atoms with Gasteiger partial charge in [-0.05, 0) is 50.4 Å². The predicted molar refractivity (Wildman–Crippen MR) is 74.0 cm³/mol. The summed E-state index contributed by atoms with van der Waals surface area (Å²) in [5.74, 6) is 1.67. The highest BCUT2D eigenvalue weighted by Crippen LogP contribution is 2.42. The van der Waals surface area contributed by atoms with E-state index in [9.17, 15) is 0 Å². The zero-order chi connectivity index (χ0) is 12.5. The molecule has 0 amide bonds. The minimum absolute atomic E-state index is 0.345. The van der Waals surface area contributed by atoms with Crippen LogP contribution < -0.4 is 5.73 Å². The minimum atomic E-state index is 0.345. The van der Waals surface area contributed by atoms with Crippen LogP contribution in [0.15, 0.2) is 0 Å². The van der Waals surface area contributed by atoms with E-state index in [1.165, 1.54) is 45.1 Å². The van der Waals surface area contributed by atoms with Crippen molar-refractivity contribution >= 4 is 0 Å². The number of hydrogen-bond acceptors (Lipinski definition) is 2. The molecule has 2 nitrogen and oxygen atoms in total. The molecule has 100 valence electrons. The lowest BCUT2D eigenvalue weighted by atomic mass is 9.75. The van der Waals surface area contributed by atoms with Crippen molar-refractivity contribution in [2.45, 2.75) is 70.9 Å². The second kappa shape index (κ2) is 5.27. The maximum Gasteiger partial charge on any atom is 0.0334 e. The lowest BCUT2D eigenvalue weighted by molar-refractivity contribution is 0.0281. The average Bonchev–Trinajstić information content (AvgIpc) is 3.11. The summed E-state index contributed by atoms with van der Waals surface area (Å²) in [7, 11) is 0. The lowest BCUT2D eigenvalue weighted by Gasteiger charge is -2.48. The van der Waals surface area contributed by atoms with Crippen molar-refractivity contribution in [1.82, 2.24) is 4.90 Å². The van der Waals surface area contributed by atoms with Crippen molar-refractivity contribution < 1.29 is 0 Å². The van der Waals surface area contributed by atoms with Gasteiger partial charge in [-0.25, -0.2) is 0 Å². The van der Waals surface area contributed by atoms with Crippen LogP contribution in [0.4, 0.5) is 0 Å². The molecule has 2 N–H and O–H groups in total. The van der Waals surface area contributed by atoms with Gasteiger partial charge in [0.2, 0.25) is 0 Å². The van der Waals surface area contributed by atoms with Gasteiger partial charge in [-0.15, -0.1) is 0 Å². The van der Waals surface area contributed by atoms with Crippen molar-refractivity contribution in [2.24, 2.45) is 17.6 Å². The summed E-state index contributed by atoms with van der Waals surface area (Å²) >= 11 is 0. The van der Waals surface area contributed by atoms with E-state index in [1.54, 1.807) is 0 Å². The smallest absolute Gasteiger partial charge is 0.0334 e. The van der Waals surface area contributed by atoms with E-state index in [-0.39, 0.29) is 0 Å². The topological polar surface area (TPSA) is 29.3 Å². The van der Waals surface area contributed by atoms with E-state index in [4.69, 9.17) is 5.73 Å². The summed E-state index contributed by atoms with van der Waals surface area (Å²) in [6.45, 7) is 9.18. The molecule has 0 bridgehead atoms. The van der Waals surface area contributed by atoms with Gasteiger partial charge in [-0.1, -0.05) is 20.8 Å². The van der Waals surface area contributed by atoms with Crippen LogP contribution in [0.5, 0.6) is 0 Å². The second-order valence-electron chi connectivity index (χ2n) is 6.89. The summed E-state index contributed by atoms with van der Waals surface area (Å²) in [4.78, 5) is 2.80. The zero-order valence-corrected chi connectivity index (χ0v) is 11.9. The molecule has 0 aromatic carbocycles. The molecule has 0 aliphatic heterocycles. The first-order chi connectivity index (χ1) is 8.07. The Bertz CT molecular complexity index is 237. The SMILES string of the molecule is CC(C)CN(C1CC1)C1(CN)CCC(C)CC1. The fraction of sp³-hybridized carbons (Fsp3) is 1.00. The lowest BCUT2D eigenvalue weighted by Crippen LogP contribution is -2.57. The average molecular weight is 238 g/mol. The van der Waals surface area contributed by atoms with E-state index in [2.05, 4.69) is 25.7 Å². The summed E-state index contributed by atoms with van der Waals surface area (Å²) in [6.07, 6.45) is 8.22. The van der Waals surface area contributed by atoms with Gasteiger partial charge in [0.1, 0.15) is 0 Å². The molecule has 2 fully saturated rings. The molecule has 2 aliphatic rings. The van der Waals surface area contributed by atoms with Crippen molar-refractivity contribution in [2.75, 3.05) is 13.1 Å². The fourth-order valence-electron chi connectivity index (χ4n) is 3.42. The van der Waals surface area contributed by atoms with Crippen LogP contribution >= 0.6 is 0 Å². The largest absolute Gasteiger partial charge is 0.329 e. The molecule has 0 atom stereocenters. The standard InChI is InChI=1S/C15H30N2/c1-12(2)10-17(14-4-5-14)15(11-16)8-6-13(3)7-9-15/h12-14H,4-11,16H2,1-3H3.